The number of rotatable bonds is 8. The summed E-state index contributed by atoms with van der Waals surface area (Å²) in [6, 6.07) is 9.25. The molecular weight excluding hydrogens is 478 g/mol. The molecule has 1 aliphatic carbocycles. The highest BCUT2D eigenvalue weighted by molar-refractivity contribution is 5.96. The Morgan fingerprint density at radius 2 is 1.74 bits per heavy atom. The number of anilines is 3. The number of benzene rings is 1. The van der Waals surface area contributed by atoms with Crippen LogP contribution < -0.4 is 16.4 Å². The van der Waals surface area contributed by atoms with Crippen LogP contribution in [0.2, 0.25) is 0 Å². The lowest BCUT2D eigenvalue weighted by Crippen LogP contribution is -2.44. The van der Waals surface area contributed by atoms with Crippen molar-refractivity contribution in [3.05, 3.63) is 54.4 Å². The van der Waals surface area contributed by atoms with Crippen LogP contribution in [0.1, 0.15) is 73.3 Å². The summed E-state index contributed by atoms with van der Waals surface area (Å²) in [5.74, 6) is 0.712. The fourth-order valence-electron chi connectivity index (χ4n) is 6.20. The van der Waals surface area contributed by atoms with Crippen molar-refractivity contribution in [2.75, 3.05) is 36.8 Å². The number of nitrogens with two attached hydrogens (primary N) is 1. The van der Waals surface area contributed by atoms with E-state index in [0.29, 0.717) is 24.1 Å². The number of nitrogens with zero attached hydrogens (tertiary/aromatic N) is 4. The third-order valence-electron chi connectivity index (χ3n) is 8.28. The molecule has 38 heavy (non-hydrogen) atoms. The Hall–Kier alpha value is -3.46. The van der Waals surface area contributed by atoms with Gasteiger partial charge in [0.15, 0.2) is 11.5 Å². The molecule has 1 unspecified atom stereocenters. The molecule has 1 aromatic heterocycles. The molecule has 2 saturated heterocycles. The SMILES string of the molecule is C=CC(=O)N1CCCC(Nc2cnc(C(N)=O)c(Nc3ccc(C4CCN(C5CCCC5)CC4)cc3)n2)C1. The molecule has 0 bridgehead atoms. The van der Waals surface area contributed by atoms with E-state index in [0.717, 1.165) is 31.1 Å². The molecule has 1 aromatic carbocycles. The normalized spacial score (nSPS) is 21.3. The zero-order valence-corrected chi connectivity index (χ0v) is 22.1. The largest absolute Gasteiger partial charge is 0.364 e. The summed E-state index contributed by atoms with van der Waals surface area (Å²) in [7, 11) is 0. The first-order valence-corrected chi connectivity index (χ1v) is 14.0. The number of likely N-dealkylation sites (tertiary alicyclic amines) is 2. The first-order chi connectivity index (χ1) is 18.5. The lowest BCUT2D eigenvalue weighted by Gasteiger charge is -2.36. The Kier molecular flexibility index (Phi) is 8.22. The molecule has 9 heteroatoms. The van der Waals surface area contributed by atoms with Crippen molar-refractivity contribution in [2.24, 2.45) is 5.73 Å². The number of nitrogens with one attached hydrogen (secondary N) is 2. The summed E-state index contributed by atoms with van der Waals surface area (Å²) >= 11 is 0. The van der Waals surface area contributed by atoms with E-state index in [-0.39, 0.29) is 17.6 Å². The Labute approximate surface area is 224 Å². The van der Waals surface area contributed by atoms with Gasteiger partial charge < -0.3 is 26.2 Å². The number of carbonyl (C=O) groups excluding carboxylic acids is 2. The third kappa shape index (κ3) is 6.15. The maximum Gasteiger partial charge on any atom is 0.271 e. The number of amides is 2. The number of aromatic nitrogens is 2. The van der Waals surface area contributed by atoms with Gasteiger partial charge in [-0.3, -0.25) is 9.59 Å². The van der Waals surface area contributed by atoms with Crippen LogP contribution in [0.3, 0.4) is 0 Å². The minimum Gasteiger partial charge on any atom is -0.364 e. The zero-order chi connectivity index (χ0) is 26.5. The lowest BCUT2D eigenvalue weighted by atomic mass is 9.88. The van der Waals surface area contributed by atoms with Crippen molar-refractivity contribution in [1.82, 2.24) is 19.8 Å². The minimum absolute atomic E-state index is 0.0357. The Bertz CT molecular complexity index is 1140. The predicted molar refractivity (Wildman–Crippen MR) is 150 cm³/mol. The van der Waals surface area contributed by atoms with Gasteiger partial charge >= 0.3 is 0 Å². The molecule has 3 aliphatic rings. The summed E-state index contributed by atoms with van der Waals surface area (Å²) in [6.45, 7) is 7.24. The van der Waals surface area contributed by atoms with Gasteiger partial charge in [0.2, 0.25) is 5.91 Å². The summed E-state index contributed by atoms with van der Waals surface area (Å²) in [5.41, 5.74) is 7.86. The number of hydrogen-bond donors (Lipinski definition) is 3. The summed E-state index contributed by atoms with van der Waals surface area (Å²) in [5, 5.41) is 6.60. The van der Waals surface area contributed by atoms with Gasteiger partial charge in [0.25, 0.3) is 5.91 Å². The molecule has 0 radical (unpaired) electrons. The van der Waals surface area contributed by atoms with Gasteiger partial charge in [-0.05, 0) is 81.3 Å². The van der Waals surface area contributed by atoms with Crippen LogP contribution in [-0.4, -0.2) is 69.8 Å². The fourth-order valence-corrected chi connectivity index (χ4v) is 6.20. The van der Waals surface area contributed by atoms with E-state index >= 15 is 0 Å². The average molecular weight is 518 g/mol. The summed E-state index contributed by atoms with van der Waals surface area (Å²) in [6.07, 6.45) is 12.6. The molecule has 202 valence electrons. The fraction of sp³-hybridized carbons (Fsp3) is 0.517. The van der Waals surface area contributed by atoms with E-state index in [1.807, 2.05) is 12.1 Å². The van der Waals surface area contributed by atoms with E-state index in [9.17, 15) is 9.59 Å². The molecule has 2 aliphatic heterocycles. The van der Waals surface area contributed by atoms with E-state index in [4.69, 9.17) is 5.73 Å². The number of primary amides is 1. The van der Waals surface area contributed by atoms with Gasteiger partial charge in [0.1, 0.15) is 5.82 Å². The van der Waals surface area contributed by atoms with Crippen LogP contribution in [0, 0.1) is 0 Å². The maximum absolute atomic E-state index is 12.0. The molecule has 2 amide bonds. The second-order valence-corrected chi connectivity index (χ2v) is 10.8. The van der Waals surface area contributed by atoms with Gasteiger partial charge in [-0.25, -0.2) is 9.97 Å². The van der Waals surface area contributed by atoms with Crippen molar-refractivity contribution in [3.63, 3.8) is 0 Å². The van der Waals surface area contributed by atoms with Crippen LogP contribution in [0.15, 0.2) is 43.1 Å². The van der Waals surface area contributed by atoms with Crippen LogP contribution in [0.25, 0.3) is 0 Å². The molecule has 2 aromatic rings. The number of hydrogen-bond acceptors (Lipinski definition) is 7. The molecule has 1 atom stereocenters. The second kappa shape index (κ2) is 11.9. The predicted octanol–water partition coefficient (Wildman–Crippen LogP) is 4.03. The molecule has 1 saturated carbocycles. The standard InChI is InChI=1S/C29H39N7O2/c1-2-26(37)36-15-5-6-23(19-36)32-25-18-31-27(28(30)38)29(34-25)33-22-11-9-20(10-12-22)21-13-16-35(17-14-21)24-7-3-4-8-24/h2,9-12,18,21,23-24H,1,3-8,13-17,19H2,(H2,30,38)(H2,32,33,34). The van der Waals surface area contributed by atoms with E-state index in [1.54, 1.807) is 4.90 Å². The zero-order valence-electron chi connectivity index (χ0n) is 22.1. The van der Waals surface area contributed by atoms with Crippen molar-refractivity contribution in [1.29, 1.82) is 0 Å². The Morgan fingerprint density at radius 1 is 1.00 bits per heavy atom. The van der Waals surface area contributed by atoms with Crippen LogP contribution in [0.5, 0.6) is 0 Å². The van der Waals surface area contributed by atoms with E-state index < -0.39 is 5.91 Å². The lowest BCUT2D eigenvalue weighted by molar-refractivity contribution is -0.127. The number of carbonyl (C=O) groups is 2. The Balaban J connectivity index is 1.23. The van der Waals surface area contributed by atoms with Crippen molar-refractivity contribution < 1.29 is 9.59 Å². The van der Waals surface area contributed by atoms with Gasteiger partial charge in [-0.15, -0.1) is 0 Å². The third-order valence-corrected chi connectivity index (χ3v) is 8.28. The quantitative estimate of drug-likeness (QED) is 0.453. The summed E-state index contributed by atoms with van der Waals surface area (Å²) < 4.78 is 0. The highest BCUT2D eigenvalue weighted by atomic mass is 16.2. The first kappa shape index (κ1) is 26.2. The van der Waals surface area contributed by atoms with Crippen LogP contribution in [-0.2, 0) is 4.79 Å². The number of piperidine rings is 2. The first-order valence-electron chi connectivity index (χ1n) is 14.0. The van der Waals surface area contributed by atoms with E-state index in [1.165, 1.54) is 69.5 Å². The van der Waals surface area contributed by atoms with Crippen LogP contribution >= 0.6 is 0 Å². The smallest absolute Gasteiger partial charge is 0.271 e. The second-order valence-electron chi connectivity index (χ2n) is 10.8. The van der Waals surface area contributed by atoms with Crippen LogP contribution in [0.4, 0.5) is 17.3 Å². The monoisotopic (exact) mass is 517 g/mol. The van der Waals surface area contributed by atoms with Gasteiger partial charge in [0, 0.05) is 30.9 Å². The molecule has 4 N–H and O–H groups in total. The topological polar surface area (TPSA) is 116 Å². The van der Waals surface area contributed by atoms with Crippen molar-refractivity contribution in [2.45, 2.75) is 69.4 Å². The highest BCUT2D eigenvalue weighted by Gasteiger charge is 2.28. The molecule has 5 rings (SSSR count). The highest BCUT2D eigenvalue weighted by Crippen LogP contribution is 2.33. The molecular formula is C29H39N7O2. The molecule has 3 heterocycles. The molecule has 3 fully saturated rings. The van der Waals surface area contributed by atoms with Crippen molar-refractivity contribution in [3.8, 4) is 0 Å². The Morgan fingerprint density at radius 3 is 2.42 bits per heavy atom. The van der Waals surface area contributed by atoms with Crippen molar-refractivity contribution >= 4 is 29.1 Å². The van der Waals surface area contributed by atoms with Gasteiger partial charge in [-0.1, -0.05) is 31.6 Å². The molecule has 0 spiro atoms. The molecule has 9 nitrogen and oxygen atoms in total. The average Bonchev–Trinajstić information content (AvgIpc) is 3.49. The summed E-state index contributed by atoms with van der Waals surface area (Å²) in [4.78, 5) is 37.4. The van der Waals surface area contributed by atoms with E-state index in [2.05, 4.69) is 44.2 Å². The van der Waals surface area contributed by atoms with Gasteiger partial charge in [-0.2, -0.15) is 0 Å². The van der Waals surface area contributed by atoms with Gasteiger partial charge in [0.05, 0.1) is 6.20 Å². The minimum atomic E-state index is -0.641. The maximum atomic E-state index is 12.0.